The predicted octanol–water partition coefficient (Wildman–Crippen LogP) is 2.62. The Morgan fingerprint density at radius 3 is 2.44 bits per heavy atom. The summed E-state index contributed by atoms with van der Waals surface area (Å²) in [5, 5.41) is 12.7. The Kier molecular flexibility index (Phi) is 5.23. The highest BCUT2D eigenvalue weighted by atomic mass is 16.6. The molecule has 3 aliphatic heterocycles. The lowest BCUT2D eigenvalue weighted by molar-refractivity contribution is -0.204. The van der Waals surface area contributed by atoms with E-state index in [1.54, 1.807) is 75.4 Å². The van der Waals surface area contributed by atoms with E-state index in [9.17, 15) is 24.3 Å². The van der Waals surface area contributed by atoms with Crippen molar-refractivity contribution in [1.29, 1.82) is 0 Å². The van der Waals surface area contributed by atoms with Gasteiger partial charge in [0.05, 0.1) is 30.4 Å². The average molecular weight is 536 g/mol. The van der Waals surface area contributed by atoms with Crippen molar-refractivity contribution < 1.29 is 43.2 Å². The number of anilines is 1. The smallest absolute Gasteiger partial charge is 0.338 e. The molecule has 6 rings (SSSR count). The molecule has 0 radical (unpaired) electrons. The molecule has 0 aromatic heterocycles. The number of carbonyl (C=O) groups is 4. The highest BCUT2D eigenvalue weighted by Gasteiger charge is 2.93. The van der Waals surface area contributed by atoms with Crippen molar-refractivity contribution >= 4 is 29.5 Å². The Bertz CT molecular complexity index is 1400. The number of amides is 1. The van der Waals surface area contributed by atoms with Gasteiger partial charge in [0.25, 0.3) is 5.91 Å². The Balaban J connectivity index is 1.62. The molecule has 1 N–H and O–H groups in total. The zero-order valence-corrected chi connectivity index (χ0v) is 22.0. The normalized spacial score (nSPS) is 34.7. The summed E-state index contributed by atoms with van der Waals surface area (Å²) in [5.41, 5.74) is -5.92. The molecule has 2 aromatic rings. The summed E-state index contributed by atoms with van der Waals surface area (Å²) in [7, 11) is 1.48. The molecule has 4 aliphatic rings. The van der Waals surface area contributed by atoms with Gasteiger partial charge in [-0.05, 0) is 29.7 Å². The summed E-state index contributed by atoms with van der Waals surface area (Å²) < 4.78 is 22.9. The monoisotopic (exact) mass is 535 g/mol. The fourth-order valence-electron chi connectivity index (χ4n) is 7.29. The van der Waals surface area contributed by atoms with Crippen LogP contribution in [0.2, 0.25) is 0 Å². The standard InChI is InChI=1S/C29H29NO9/c1-26(2,3)28(35)14-19-27(15-20(31)37-19)25(34)39-24-29(27,28)21(38-23(33)16-9-6-5-7-10-16)22(32)30(24)17-11-8-12-18(13-17)36-4/h5-13,19,21,24,35H,14-15H2,1-4H3/t19-,21-,24-,27-,28+,29?/m0/s1. The van der Waals surface area contributed by atoms with Crippen molar-refractivity contribution in [1.82, 2.24) is 0 Å². The van der Waals surface area contributed by atoms with Gasteiger partial charge >= 0.3 is 17.9 Å². The quantitative estimate of drug-likeness (QED) is 0.464. The molecule has 1 amide bonds. The number of carbonyl (C=O) groups excluding carboxylic acids is 4. The van der Waals surface area contributed by atoms with Crippen molar-refractivity contribution in [2.45, 2.75) is 57.6 Å². The molecular weight excluding hydrogens is 506 g/mol. The molecule has 2 spiro atoms. The molecule has 10 heteroatoms. The van der Waals surface area contributed by atoms with Crippen LogP contribution in [0.25, 0.3) is 0 Å². The first-order valence-electron chi connectivity index (χ1n) is 12.8. The summed E-state index contributed by atoms with van der Waals surface area (Å²) in [5.74, 6) is -2.48. The second kappa shape index (κ2) is 8.05. The van der Waals surface area contributed by atoms with E-state index in [1.165, 1.54) is 12.0 Å². The minimum Gasteiger partial charge on any atom is -0.497 e. The molecule has 6 atom stereocenters. The van der Waals surface area contributed by atoms with Crippen LogP contribution in [0.3, 0.4) is 0 Å². The van der Waals surface area contributed by atoms with E-state index < -0.39 is 70.5 Å². The third-order valence-electron chi connectivity index (χ3n) is 9.04. The molecule has 4 fully saturated rings. The largest absolute Gasteiger partial charge is 0.497 e. The van der Waals surface area contributed by atoms with Crippen molar-refractivity contribution in [3.63, 3.8) is 0 Å². The third-order valence-corrected chi connectivity index (χ3v) is 9.04. The number of hydrogen-bond acceptors (Lipinski definition) is 9. The molecule has 39 heavy (non-hydrogen) atoms. The van der Waals surface area contributed by atoms with E-state index in [2.05, 4.69) is 0 Å². The number of aliphatic hydroxyl groups is 1. The molecular formula is C29H29NO9. The van der Waals surface area contributed by atoms with Gasteiger partial charge in [0, 0.05) is 12.5 Å². The summed E-state index contributed by atoms with van der Waals surface area (Å²) in [6.07, 6.45) is -4.67. The maximum absolute atomic E-state index is 14.4. The van der Waals surface area contributed by atoms with Gasteiger partial charge in [-0.15, -0.1) is 0 Å². The number of esters is 3. The minimum absolute atomic E-state index is 0.132. The fourth-order valence-corrected chi connectivity index (χ4v) is 7.29. The van der Waals surface area contributed by atoms with Gasteiger partial charge in [-0.3, -0.25) is 19.3 Å². The molecule has 1 aliphatic carbocycles. The second-order valence-corrected chi connectivity index (χ2v) is 11.6. The first-order valence-corrected chi connectivity index (χ1v) is 12.8. The molecule has 1 saturated carbocycles. The number of ether oxygens (including phenoxy) is 4. The number of benzene rings is 2. The maximum atomic E-state index is 14.4. The summed E-state index contributed by atoms with van der Waals surface area (Å²) in [4.78, 5) is 55.7. The lowest BCUT2D eigenvalue weighted by Gasteiger charge is -2.51. The molecule has 3 heterocycles. The Morgan fingerprint density at radius 1 is 1.05 bits per heavy atom. The lowest BCUT2D eigenvalue weighted by atomic mass is 9.52. The Morgan fingerprint density at radius 2 is 1.77 bits per heavy atom. The van der Waals surface area contributed by atoms with Gasteiger partial charge < -0.3 is 24.1 Å². The van der Waals surface area contributed by atoms with Crippen LogP contribution < -0.4 is 9.64 Å². The van der Waals surface area contributed by atoms with Gasteiger partial charge in [-0.1, -0.05) is 45.0 Å². The van der Waals surface area contributed by atoms with Crippen LogP contribution in [0.5, 0.6) is 5.75 Å². The van der Waals surface area contributed by atoms with Crippen LogP contribution in [0.1, 0.15) is 44.0 Å². The van der Waals surface area contributed by atoms with E-state index in [4.69, 9.17) is 18.9 Å². The van der Waals surface area contributed by atoms with Crippen LogP contribution in [0.15, 0.2) is 54.6 Å². The topological polar surface area (TPSA) is 129 Å². The summed E-state index contributed by atoms with van der Waals surface area (Å²) in [6, 6.07) is 14.7. The van der Waals surface area contributed by atoms with Crippen LogP contribution in [-0.4, -0.2) is 60.1 Å². The number of hydrogen-bond donors (Lipinski definition) is 1. The predicted molar refractivity (Wildman–Crippen MR) is 134 cm³/mol. The zero-order valence-electron chi connectivity index (χ0n) is 22.0. The van der Waals surface area contributed by atoms with Gasteiger partial charge in [0.2, 0.25) is 0 Å². The van der Waals surface area contributed by atoms with Gasteiger partial charge in [0.15, 0.2) is 12.3 Å². The van der Waals surface area contributed by atoms with Crippen molar-refractivity contribution in [3.8, 4) is 5.75 Å². The van der Waals surface area contributed by atoms with E-state index in [0.29, 0.717) is 11.4 Å². The van der Waals surface area contributed by atoms with Crippen LogP contribution in [0, 0.1) is 16.2 Å². The molecule has 0 bridgehead atoms. The van der Waals surface area contributed by atoms with Gasteiger partial charge in [-0.2, -0.15) is 0 Å². The zero-order chi connectivity index (χ0) is 28.0. The number of methoxy groups -OCH3 is 1. The molecule has 1 unspecified atom stereocenters. The maximum Gasteiger partial charge on any atom is 0.338 e. The van der Waals surface area contributed by atoms with E-state index >= 15 is 0 Å². The molecule has 3 saturated heterocycles. The lowest BCUT2D eigenvalue weighted by Crippen LogP contribution is -2.66. The molecule has 10 nitrogen and oxygen atoms in total. The van der Waals surface area contributed by atoms with E-state index in [-0.39, 0.29) is 12.0 Å². The van der Waals surface area contributed by atoms with Crippen LogP contribution >= 0.6 is 0 Å². The summed E-state index contributed by atoms with van der Waals surface area (Å²) in [6.45, 7) is 5.31. The highest BCUT2D eigenvalue weighted by molar-refractivity contribution is 6.07. The SMILES string of the molecule is COc1cccc(N2C(=O)[C@H](OC(=O)c3ccccc3)C34[C@@H]2OC(=O)[C@@]32CC(=O)O[C@H]2C[C@@]4(O)C(C)(C)C)c1. The summed E-state index contributed by atoms with van der Waals surface area (Å²) >= 11 is 0. The Hall–Kier alpha value is -3.92. The third kappa shape index (κ3) is 2.95. The number of nitrogens with zero attached hydrogens (tertiary/aromatic N) is 1. The van der Waals surface area contributed by atoms with Crippen molar-refractivity contribution in [2.24, 2.45) is 16.2 Å². The van der Waals surface area contributed by atoms with Gasteiger partial charge in [0.1, 0.15) is 22.7 Å². The minimum atomic E-state index is -1.86. The van der Waals surface area contributed by atoms with Crippen molar-refractivity contribution in [2.75, 3.05) is 12.0 Å². The van der Waals surface area contributed by atoms with Gasteiger partial charge in [-0.25, -0.2) is 4.79 Å². The van der Waals surface area contributed by atoms with Crippen LogP contribution in [-0.2, 0) is 28.6 Å². The molecule has 2 aromatic carbocycles. The average Bonchev–Trinajstić information content (AvgIpc) is 3.51. The first-order chi connectivity index (χ1) is 18.4. The second-order valence-electron chi connectivity index (χ2n) is 11.6. The highest BCUT2D eigenvalue weighted by Crippen LogP contribution is 2.76. The Labute approximate surface area is 224 Å². The fraction of sp³-hybridized carbons (Fsp3) is 0.448. The van der Waals surface area contributed by atoms with Crippen LogP contribution in [0.4, 0.5) is 5.69 Å². The number of rotatable bonds is 4. The van der Waals surface area contributed by atoms with Crippen molar-refractivity contribution in [3.05, 3.63) is 60.2 Å². The molecule has 204 valence electrons. The first kappa shape index (κ1) is 25.4. The van der Waals surface area contributed by atoms with E-state index in [1.807, 2.05) is 0 Å². The van der Waals surface area contributed by atoms with E-state index in [0.717, 1.165) is 0 Å².